The first-order valence-corrected chi connectivity index (χ1v) is 6.68. The van der Waals surface area contributed by atoms with Gasteiger partial charge in [0, 0.05) is 6.54 Å². The number of nitrogens with one attached hydrogen (secondary N) is 1. The Hall–Kier alpha value is -2.55. The predicted molar refractivity (Wildman–Crippen MR) is 77.3 cm³/mol. The monoisotopic (exact) mass is 305 g/mol. The second-order valence-corrected chi connectivity index (χ2v) is 4.92. The Kier molecular flexibility index (Phi) is 4.66. The predicted octanol–water partition coefficient (Wildman–Crippen LogP) is 4.19. The molecule has 114 valence electrons. The summed E-state index contributed by atoms with van der Waals surface area (Å²) < 4.78 is 37.5. The summed E-state index contributed by atoms with van der Waals surface area (Å²) in [5.74, 6) is 0.577. The molecule has 0 radical (unpaired) electrons. The minimum atomic E-state index is -4.32. The van der Waals surface area contributed by atoms with E-state index < -0.39 is 11.7 Å². The van der Waals surface area contributed by atoms with Gasteiger partial charge in [0.05, 0.1) is 5.56 Å². The molecule has 0 fully saturated rings. The molecule has 0 bridgehead atoms. The summed E-state index contributed by atoms with van der Waals surface area (Å²) in [6.07, 6.45) is -4.32. The van der Waals surface area contributed by atoms with Gasteiger partial charge in [-0.3, -0.25) is 0 Å². The molecule has 6 heteroatoms. The van der Waals surface area contributed by atoms with Crippen molar-refractivity contribution in [3.63, 3.8) is 0 Å². The zero-order valence-electron chi connectivity index (χ0n) is 11.9. The van der Waals surface area contributed by atoms with Crippen LogP contribution in [0.3, 0.4) is 0 Å². The molecule has 22 heavy (non-hydrogen) atoms. The zero-order chi connectivity index (χ0) is 16.2. The van der Waals surface area contributed by atoms with Gasteiger partial charge >= 0.3 is 6.18 Å². The topological polar surface area (TPSA) is 48.7 Å². The number of hydrogen-bond donors (Lipinski definition) is 1. The molecule has 0 aliphatic heterocycles. The third kappa shape index (κ3) is 3.98. The molecule has 3 nitrogen and oxygen atoms in total. The molecule has 1 atom stereocenters. The number of aromatic nitrogens is 1. The van der Waals surface area contributed by atoms with E-state index in [9.17, 15) is 13.2 Å². The van der Waals surface area contributed by atoms with Crippen molar-refractivity contribution in [3.05, 3.63) is 59.3 Å². The summed E-state index contributed by atoms with van der Waals surface area (Å²) in [6.45, 7) is 2.41. The third-order valence-electron chi connectivity index (χ3n) is 3.26. The van der Waals surface area contributed by atoms with Gasteiger partial charge in [0.25, 0.3) is 0 Å². The van der Waals surface area contributed by atoms with Crippen LogP contribution in [0.5, 0.6) is 0 Å². The second-order valence-electron chi connectivity index (χ2n) is 4.92. The lowest BCUT2D eigenvalue weighted by Crippen LogP contribution is -2.11. The number of rotatable bonds is 4. The van der Waals surface area contributed by atoms with Gasteiger partial charge in [-0.05, 0) is 35.7 Å². The molecule has 1 aromatic carbocycles. The van der Waals surface area contributed by atoms with Crippen molar-refractivity contribution >= 4 is 5.82 Å². The summed E-state index contributed by atoms with van der Waals surface area (Å²) in [5.41, 5.74) is 0.462. The van der Waals surface area contributed by atoms with Crippen molar-refractivity contribution in [2.75, 3.05) is 11.9 Å². The summed E-state index contributed by atoms with van der Waals surface area (Å²) in [6, 6.07) is 12.1. The summed E-state index contributed by atoms with van der Waals surface area (Å²) in [7, 11) is 0. The van der Waals surface area contributed by atoms with E-state index in [0.29, 0.717) is 18.1 Å². The lowest BCUT2D eigenvalue weighted by Gasteiger charge is -2.15. The first-order valence-electron chi connectivity index (χ1n) is 6.68. The highest BCUT2D eigenvalue weighted by Gasteiger charge is 2.30. The van der Waals surface area contributed by atoms with E-state index in [1.54, 1.807) is 18.2 Å². The van der Waals surface area contributed by atoms with Gasteiger partial charge in [0.2, 0.25) is 0 Å². The minimum absolute atomic E-state index is 0.00910. The Morgan fingerprint density at radius 1 is 1.18 bits per heavy atom. The Labute approximate surface area is 126 Å². The van der Waals surface area contributed by atoms with Gasteiger partial charge in [-0.2, -0.15) is 18.4 Å². The molecule has 1 aromatic heterocycles. The van der Waals surface area contributed by atoms with E-state index in [4.69, 9.17) is 5.26 Å². The maximum Gasteiger partial charge on any atom is 0.416 e. The van der Waals surface area contributed by atoms with Crippen molar-refractivity contribution < 1.29 is 13.2 Å². The molecular weight excluding hydrogens is 291 g/mol. The number of anilines is 1. The normalized spacial score (nSPS) is 12.5. The van der Waals surface area contributed by atoms with E-state index in [-0.39, 0.29) is 5.92 Å². The van der Waals surface area contributed by atoms with E-state index in [2.05, 4.69) is 10.3 Å². The van der Waals surface area contributed by atoms with Crippen LogP contribution in [0, 0.1) is 11.3 Å². The van der Waals surface area contributed by atoms with Crippen LogP contribution in [0.25, 0.3) is 0 Å². The van der Waals surface area contributed by atoms with Gasteiger partial charge in [-0.25, -0.2) is 4.98 Å². The van der Waals surface area contributed by atoms with Gasteiger partial charge < -0.3 is 5.32 Å². The van der Waals surface area contributed by atoms with Crippen molar-refractivity contribution in [3.8, 4) is 6.07 Å². The van der Waals surface area contributed by atoms with E-state index in [1.165, 1.54) is 12.1 Å². The van der Waals surface area contributed by atoms with Crippen LogP contribution in [0.4, 0.5) is 19.0 Å². The number of pyridine rings is 1. The lowest BCUT2D eigenvalue weighted by atomic mass is 9.99. The van der Waals surface area contributed by atoms with Crippen LogP contribution >= 0.6 is 0 Å². The van der Waals surface area contributed by atoms with E-state index >= 15 is 0 Å². The van der Waals surface area contributed by atoms with Crippen LogP contribution < -0.4 is 5.32 Å². The molecule has 0 spiro atoms. The van der Waals surface area contributed by atoms with Crippen molar-refractivity contribution in [2.45, 2.75) is 19.0 Å². The highest BCUT2D eigenvalue weighted by molar-refractivity contribution is 5.39. The van der Waals surface area contributed by atoms with Crippen LogP contribution in [0.15, 0.2) is 42.5 Å². The Balaban J connectivity index is 2.00. The molecule has 1 unspecified atom stereocenters. The SMILES string of the molecule is CC(CNc1cccc(C#N)n1)c1ccc(C(F)(F)F)cc1. The third-order valence-corrected chi connectivity index (χ3v) is 3.26. The number of nitrogens with zero attached hydrogens (tertiary/aromatic N) is 2. The second kappa shape index (κ2) is 6.48. The molecular formula is C16H14F3N3. The molecule has 0 saturated heterocycles. The highest BCUT2D eigenvalue weighted by Crippen LogP contribution is 2.30. The molecule has 2 rings (SSSR count). The van der Waals surface area contributed by atoms with Gasteiger partial charge in [-0.15, -0.1) is 0 Å². The largest absolute Gasteiger partial charge is 0.416 e. The molecule has 0 amide bonds. The maximum atomic E-state index is 12.5. The Morgan fingerprint density at radius 2 is 1.86 bits per heavy atom. The van der Waals surface area contributed by atoms with E-state index in [0.717, 1.165) is 17.7 Å². The average Bonchev–Trinajstić information content (AvgIpc) is 2.52. The molecule has 1 N–H and O–H groups in total. The zero-order valence-corrected chi connectivity index (χ0v) is 11.9. The molecule has 0 saturated carbocycles. The minimum Gasteiger partial charge on any atom is -0.369 e. The van der Waals surface area contributed by atoms with E-state index in [1.807, 2.05) is 13.0 Å². The van der Waals surface area contributed by atoms with Gasteiger partial charge in [0.15, 0.2) is 0 Å². The summed E-state index contributed by atoms with van der Waals surface area (Å²) >= 11 is 0. The number of nitriles is 1. The van der Waals surface area contributed by atoms with Crippen LogP contribution in [-0.4, -0.2) is 11.5 Å². The van der Waals surface area contributed by atoms with Crippen molar-refractivity contribution in [1.82, 2.24) is 4.98 Å². The summed E-state index contributed by atoms with van der Waals surface area (Å²) in [4.78, 5) is 4.08. The van der Waals surface area contributed by atoms with Crippen molar-refractivity contribution in [2.24, 2.45) is 0 Å². The fraction of sp³-hybridized carbons (Fsp3) is 0.250. The highest BCUT2D eigenvalue weighted by atomic mass is 19.4. The van der Waals surface area contributed by atoms with Crippen LogP contribution in [0.1, 0.15) is 29.7 Å². The molecule has 2 aromatic rings. The lowest BCUT2D eigenvalue weighted by molar-refractivity contribution is -0.137. The fourth-order valence-electron chi connectivity index (χ4n) is 1.97. The van der Waals surface area contributed by atoms with Crippen LogP contribution in [-0.2, 0) is 6.18 Å². The van der Waals surface area contributed by atoms with Gasteiger partial charge in [0.1, 0.15) is 17.6 Å². The molecule has 0 aliphatic rings. The van der Waals surface area contributed by atoms with Crippen molar-refractivity contribution in [1.29, 1.82) is 5.26 Å². The Bertz CT molecular complexity index is 672. The average molecular weight is 305 g/mol. The maximum absolute atomic E-state index is 12.5. The fourth-order valence-corrected chi connectivity index (χ4v) is 1.97. The summed E-state index contributed by atoms with van der Waals surface area (Å²) in [5, 5.41) is 11.9. The molecule has 1 heterocycles. The number of hydrogen-bond acceptors (Lipinski definition) is 3. The quantitative estimate of drug-likeness (QED) is 0.921. The standard InChI is InChI=1S/C16H14F3N3/c1-11(10-21-15-4-2-3-14(9-20)22-15)12-5-7-13(8-6-12)16(17,18)19/h2-8,11H,10H2,1H3,(H,21,22). The Morgan fingerprint density at radius 3 is 2.45 bits per heavy atom. The number of halogens is 3. The number of alkyl halides is 3. The first kappa shape index (κ1) is 15.8. The smallest absolute Gasteiger partial charge is 0.369 e. The van der Waals surface area contributed by atoms with Gasteiger partial charge in [-0.1, -0.05) is 25.1 Å². The number of benzene rings is 1. The van der Waals surface area contributed by atoms with Crippen LogP contribution in [0.2, 0.25) is 0 Å². The first-order chi connectivity index (χ1) is 10.4. The molecule has 0 aliphatic carbocycles.